The van der Waals surface area contributed by atoms with Crippen LogP contribution in [0, 0.1) is 0 Å². The van der Waals surface area contributed by atoms with Crippen LogP contribution in [0.3, 0.4) is 0 Å². The van der Waals surface area contributed by atoms with Crippen molar-refractivity contribution in [3.05, 3.63) is 24.3 Å². The number of nitrogens with zero attached hydrogens (tertiary/aromatic N) is 3. The summed E-state index contributed by atoms with van der Waals surface area (Å²) in [6.45, 7) is 0. The summed E-state index contributed by atoms with van der Waals surface area (Å²) >= 11 is 0. The van der Waals surface area contributed by atoms with E-state index in [0.29, 0.717) is 6.08 Å². The standard InChI is InChI=1S/C9H11F2N3O/c1-14-6-12-7(13-14)8(15)2-4-9(10,11)5-3-8/h2,4,6,15H,3,5H2,1H3. The fraction of sp³-hybridized carbons (Fsp3) is 0.556. The first-order valence-corrected chi connectivity index (χ1v) is 4.58. The SMILES string of the molecule is Cn1cnc(C2(O)C=CC(F)(F)CC2)n1. The molecule has 82 valence electrons. The van der Waals surface area contributed by atoms with E-state index in [1.165, 1.54) is 11.0 Å². The summed E-state index contributed by atoms with van der Waals surface area (Å²) in [6, 6.07) is 0. The monoisotopic (exact) mass is 215 g/mol. The van der Waals surface area contributed by atoms with Gasteiger partial charge in [-0.3, -0.25) is 4.68 Å². The largest absolute Gasteiger partial charge is 0.378 e. The van der Waals surface area contributed by atoms with Gasteiger partial charge in [0.1, 0.15) is 11.9 Å². The molecule has 1 N–H and O–H groups in total. The molecule has 1 aliphatic carbocycles. The number of rotatable bonds is 1. The smallest absolute Gasteiger partial charge is 0.266 e. The molecule has 0 saturated carbocycles. The van der Waals surface area contributed by atoms with Crippen LogP contribution in [0.15, 0.2) is 18.5 Å². The lowest BCUT2D eigenvalue weighted by Crippen LogP contribution is -2.32. The van der Waals surface area contributed by atoms with Crippen LogP contribution in [0.2, 0.25) is 0 Å². The minimum Gasteiger partial charge on any atom is -0.378 e. The lowest BCUT2D eigenvalue weighted by atomic mass is 9.89. The van der Waals surface area contributed by atoms with E-state index in [0.717, 1.165) is 6.08 Å². The van der Waals surface area contributed by atoms with E-state index < -0.39 is 17.9 Å². The molecular weight excluding hydrogens is 204 g/mol. The van der Waals surface area contributed by atoms with Gasteiger partial charge in [-0.15, -0.1) is 0 Å². The molecule has 1 unspecified atom stereocenters. The van der Waals surface area contributed by atoms with E-state index in [9.17, 15) is 13.9 Å². The van der Waals surface area contributed by atoms with Gasteiger partial charge in [0.15, 0.2) is 5.82 Å². The highest BCUT2D eigenvalue weighted by atomic mass is 19.3. The molecule has 1 atom stereocenters. The molecule has 1 heterocycles. The molecule has 15 heavy (non-hydrogen) atoms. The topological polar surface area (TPSA) is 50.9 Å². The normalized spacial score (nSPS) is 29.3. The number of alkyl halides is 2. The molecule has 0 aromatic carbocycles. The first-order valence-electron chi connectivity index (χ1n) is 4.58. The predicted octanol–water partition coefficient (Wildman–Crippen LogP) is 0.988. The summed E-state index contributed by atoms with van der Waals surface area (Å²) in [7, 11) is 1.65. The summed E-state index contributed by atoms with van der Waals surface area (Å²) in [5.74, 6) is -2.67. The fourth-order valence-electron chi connectivity index (χ4n) is 1.51. The van der Waals surface area contributed by atoms with Crippen LogP contribution >= 0.6 is 0 Å². The predicted molar refractivity (Wildman–Crippen MR) is 48.2 cm³/mol. The van der Waals surface area contributed by atoms with Gasteiger partial charge in [-0.25, -0.2) is 13.8 Å². The Morgan fingerprint density at radius 1 is 1.40 bits per heavy atom. The van der Waals surface area contributed by atoms with Crippen molar-refractivity contribution in [2.75, 3.05) is 0 Å². The Morgan fingerprint density at radius 3 is 2.60 bits per heavy atom. The zero-order valence-electron chi connectivity index (χ0n) is 8.19. The van der Waals surface area contributed by atoms with Crippen LogP contribution in [0.1, 0.15) is 18.7 Å². The molecule has 1 aromatic rings. The van der Waals surface area contributed by atoms with E-state index in [1.54, 1.807) is 7.05 Å². The van der Waals surface area contributed by atoms with Crippen LogP contribution in [-0.4, -0.2) is 25.8 Å². The first kappa shape index (κ1) is 10.2. The Balaban J connectivity index is 2.30. The number of allylic oxidation sites excluding steroid dienone is 1. The number of hydrogen-bond donors (Lipinski definition) is 1. The number of halogens is 2. The van der Waals surface area contributed by atoms with Gasteiger partial charge in [0.2, 0.25) is 0 Å². The maximum absolute atomic E-state index is 12.8. The lowest BCUT2D eigenvalue weighted by Gasteiger charge is -2.28. The van der Waals surface area contributed by atoms with Crippen molar-refractivity contribution in [1.29, 1.82) is 0 Å². The number of aromatic nitrogens is 3. The zero-order valence-corrected chi connectivity index (χ0v) is 8.19. The Bertz CT molecular complexity index is 402. The van der Waals surface area contributed by atoms with Crippen molar-refractivity contribution >= 4 is 0 Å². The van der Waals surface area contributed by atoms with Gasteiger partial charge in [0, 0.05) is 13.5 Å². The molecule has 0 amide bonds. The summed E-state index contributed by atoms with van der Waals surface area (Å²) in [6.07, 6.45) is 2.76. The van der Waals surface area contributed by atoms with Crippen molar-refractivity contribution in [2.45, 2.75) is 24.4 Å². The highest BCUT2D eigenvalue weighted by Gasteiger charge is 2.40. The molecular formula is C9H11F2N3O. The zero-order chi connectivity index (χ0) is 11.1. The molecule has 0 aliphatic heterocycles. The summed E-state index contributed by atoms with van der Waals surface area (Å²) in [5, 5.41) is 13.9. The minimum atomic E-state index is -2.83. The molecule has 0 bridgehead atoms. The average Bonchev–Trinajstić information content (AvgIpc) is 2.59. The summed E-state index contributed by atoms with van der Waals surface area (Å²) in [4.78, 5) is 3.86. The van der Waals surface area contributed by atoms with Crippen molar-refractivity contribution in [3.8, 4) is 0 Å². The van der Waals surface area contributed by atoms with Crippen LogP contribution in [-0.2, 0) is 12.6 Å². The molecule has 6 heteroatoms. The van der Waals surface area contributed by atoms with Crippen LogP contribution < -0.4 is 0 Å². The van der Waals surface area contributed by atoms with Gasteiger partial charge in [-0.05, 0) is 18.6 Å². The van der Waals surface area contributed by atoms with E-state index in [4.69, 9.17) is 0 Å². The average molecular weight is 215 g/mol. The maximum atomic E-state index is 12.8. The second-order valence-electron chi connectivity index (χ2n) is 3.76. The van der Waals surface area contributed by atoms with Crippen molar-refractivity contribution < 1.29 is 13.9 Å². The first-order chi connectivity index (χ1) is 6.91. The Labute approximate surface area is 85.2 Å². The highest BCUT2D eigenvalue weighted by molar-refractivity contribution is 5.18. The molecule has 0 spiro atoms. The molecule has 1 aliphatic rings. The number of aryl methyl sites for hydroxylation is 1. The van der Waals surface area contributed by atoms with Crippen molar-refractivity contribution in [3.63, 3.8) is 0 Å². The Kier molecular flexibility index (Phi) is 2.11. The molecule has 0 saturated heterocycles. The third-order valence-electron chi connectivity index (χ3n) is 2.43. The van der Waals surface area contributed by atoms with Crippen molar-refractivity contribution in [1.82, 2.24) is 14.8 Å². The third-order valence-corrected chi connectivity index (χ3v) is 2.43. The van der Waals surface area contributed by atoms with Crippen LogP contribution in [0.4, 0.5) is 8.78 Å². The van der Waals surface area contributed by atoms with Gasteiger partial charge in [0.05, 0.1) is 0 Å². The van der Waals surface area contributed by atoms with Gasteiger partial charge >= 0.3 is 0 Å². The molecule has 1 aromatic heterocycles. The molecule has 0 radical (unpaired) electrons. The molecule has 0 fully saturated rings. The van der Waals surface area contributed by atoms with E-state index in [-0.39, 0.29) is 12.2 Å². The quantitative estimate of drug-likeness (QED) is 0.711. The Morgan fingerprint density at radius 2 is 2.13 bits per heavy atom. The van der Waals surface area contributed by atoms with Gasteiger partial charge < -0.3 is 5.11 Å². The molecule has 4 nitrogen and oxygen atoms in total. The lowest BCUT2D eigenvalue weighted by molar-refractivity contribution is -0.0172. The van der Waals surface area contributed by atoms with Gasteiger partial charge in [-0.1, -0.05) is 0 Å². The number of hydrogen-bond acceptors (Lipinski definition) is 3. The Hall–Kier alpha value is -1.30. The fourth-order valence-corrected chi connectivity index (χ4v) is 1.51. The molecule has 2 rings (SSSR count). The van der Waals surface area contributed by atoms with E-state index >= 15 is 0 Å². The summed E-state index contributed by atoms with van der Waals surface area (Å²) < 4.78 is 27.1. The van der Waals surface area contributed by atoms with Gasteiger partial charge in [-0.2, -0.15) is 5.10 Å². The number of aliphatic hydroxyl groups is 1. The van der Waals surface area contributed by atoms with Crippen molar-refractivity contribution in [2.24, 2.45) is 7.05 Å². The van der Waals surface area contributed by atoms with Crippen LogP contribution in [0.25, 0.3) is 0 Å². The minimum absolute atomic E-state index is 0.0689. The van der Waals surface area contributed by atoms with E-state index in [2.05, 4.69) is 10.1 Å². The second kappa shape index (κ2) is 3.10. The maximum Gasteiger partial charge on any atom is 0.266 e. The third kappa shape index (κ3) is 1.90. The second-order valence-corrected chi connectivity index (χ2v) is 3.76. The van der Waals surface area contributed by atoms with Gasteiger partial charge in [0.25, 0.3) is 5.92 Å². The highest BCUT2D eigenvalue weighted by Crippen LogP contribution is 2.37. The summed E-state index contributed by atoms with van der Waals surface area (Å²) in [5.41, 5.74) is -1.46. The van der Waals surface area contributed by atoms with Crippen LogP contribution in [0.5, 0.6) is 0 Å². The van der Waals surface area contributed by atoms with E-state index in [1.807, 2.05) is 0 Å².